The van der Waals surface area contributed by atoms with Crippen molar-refractivity contribution in [1.29, 1.82) is 0 Å². The minimum Gasteiger partial charge on any atom is -0.348 e. The molecule has 1 heterocycles. The number of rotatable bonds is 1. The molecule has 1 aromatic carbocycles. The van der Waals surface area contributed by atoms with Crippen LogP contribution in [-0.4, -0.2) is 4.57 Å². The lowest BCUT2D eigenvalue weighted by molar-refractivity contribution is 0.629. The standard InChI is InChI=1S/C12H14FN/c1-4-10-8(2)14(3)12-7-9(13)5-6-11(10)12/h5-7H,4H2,1-3H3. The van der Waals surface area contributed by atoms with Crippen LogP contribution in [0.1, 0.15) is 18.2 Å². The average Bonchev–Trinajstić information content (AvgIpc) is 2.41. The van der Waals surface area contributed by atoms with Gasteiger partial charge in [-0.15, -0.1) is 0 Å². The first-order valence-corrected chi connectivity index (χ1v) is 4.88. The Morgan fingerprint density at radius 1 is 1.36 bits per heavy atom. The third-order valence-electron chi connectivity index (χ3n) is 2.94. The molecular formula is C12H14FN. The van der Waals surface area contributed by atoms with Crippen molar-refractivity contribution < 1.29 is 4.39 Å². The molecule has 1 aromatic heterocycles. The number of fused-ring (bicyclic) bond motifs is 1. The van der Waals surface area contributed by atoms with Gasteiger partial charge >= 0.3 is 0 Å². The molecule has 0 N–H and O–H groups in total. The summed E-state index contributed by atoms with van der Waals surface area (Å²) >= 11 is 0. The van der Waals surface area contributed by atoms with Crippen LogP contribution in [-0.2, 0) is 13.5 Å². The van der Waals surface area contributed by atoms with Crippen molar-refractivity contribution in [2.45, 2.75) is 20.3 Å². The fraction of sp³-hybridized carbons (Fsp3) is 0.333. The number of hydrogen-bond donors (Lipinski definition) is 0. The van der Waals surface area contributed by atoms with Gasteiger partial charge in [0.1, 0.15) is 5.82 Å². The van der Waals surface area contributed by atoms with Crippen LogP contribution in [0.5, 0.6) is 0 Å². The van der Waals surface area contributed by atoms with E-state index in [0.29, 0.717) is 0 Å². The summed E-state index contributed by atoms with van der Waals surface area (Å²) in [7, 11) is 1.98. The van der Waals surface area contributed by atoms with Gasteiger partial charge in [-0.2, -0.15) is 0 Å². The molecule has 1 nitrogen and oxygen atoms in total. The molecule has 0 radical (unpaired) electrons. The van der Waals surface area contributed by atoms with Crippen LogP contribution < -0.4 is 0 Å². The van der Waals surface area contributed by atoms with Crippen molar-refractivity contribution in [2.24, 2.45) is 7.05 Å². The van der Waals surface area contributed by atoms with Gasteiger partial charge in [-0.3, -0.25) is 0 Å². The van der Waals surface area contributed by atoms with E-state index < -0.39 is 0 Å². The van der Waals surface area contributed by atoms with Gasteiger partial charge < -0.3 is 4.57 Å². The van der Waals surface area contributed by atoms with E-state index in [2.05, 4.69) is 18.4 Å². The monoisotopic (exact) mass is 191 g/mol. The molecule has 0 bridgehead atoms. The quantitative estimate of drug-likeness (QED) is 0.652. The van der Waals surface area contributed by atoms with Crippen molar-refractivity contribution in [1.82, 2.24) is 4.57 Å². The number of benzene rings is 1. The minimum atomic E-state index is -0.166. The summed E-state index contributed by atoms with van der Waals surface area (Å²) in [6, 6.07) is 5.00. The number of halogens is 1. The zero-order valence-corrected chi connectivity index (χ0v) is 8.76. The molecule has 0 aliphatic heterocycles. The van der Waals surface area contributed by atoms with Gasteiger partial charge in [0, 0.05) is 18.1 Å². The van der Waals surface area contributed by atoms with E-state index in [1.807, 2.05) is 13.1 Å². The predicted octanol–water partition coefficient (Wildman–Crippen LogP) is 3.19. The smallest absolute Gasteiger partial charge is 0.125 e. The number of aromatic nitrogens is 1. The van der Waals surface area contributed by atoms with Crippen LogP contribution in [0.4, 0.5) is 4.39 Å². The molecule has 2 heteroatoms. The molecule has 2 rings (SSSR count). The highest BCUT2D eigenvalue weighted by molar-refractivity contribution is 5.85. The van der Waals surface area contributed by atoms with Crippen molar-refractivity contribution in [2.75, 3.05) is 0 Å². The Hall–Kier alpha value is -1.31. The molecule has 0 saturated heterocycles. The summed E-state index contributed by atoms with van der Waals surface area (Å²) in [5, 5.41) is 1.17. The van der Waals surface area contributed by atoms with Gasteiger partial charge in [-0.1, -0.05) is 6.92 Å². The molecule has 14 heavy (non-hydrogen) atoms. The molecule has 2 aromatic rings. The summed E-state index contributed by atoms with van der Waals surface area (Å²) < 4.78 is 15.1. The Labute approximate surface area is 83.2 Å². The van der Waals surface area contributed by atoms with E-state index in [0.717, 1.165) is 11.9 Å². The highest BCUT2D eigenvalue weighted by Crippen LogP contribution is 2.25. The average molecular weight is 191 g/mol. The largest absolute Gasteiger partial charge is 0.348 e. The third kappa shape index (κ3) is 1.14. The lowest BCUT2D eigenvalue weighted by Gasteiger charge is -1.98. The van der Waals surface area contributed by atoms with Crippen LogP contribution >= 0.6 is 0 Å². The zero-order chi connectivity index (χ0) is 10.3. The van der Waals surface area contributed by atoms with Crippen molar-refractivity contribution in [3.05, 3.63) is 35.3 Å². The number of hydrogen-bond acceptors (Lipinski definition) is 0. The van der Waals surface area contributed by atoms with E-state index in [4.69, 9.17) is 0 Å². The molecule has 74 valence electrons. The van der Waals surface area contributed by atoms with E-state index in [1.54, 1.807) is 6.07 Å². The molecule has 0 aliphatic rings. The second-order valence-electron chi connectivity index (χ2n) is 3.64. The Kier molecular flexibility index (Phi) is 2.06. The normalized spacial score (nSPS) is 11.1. The molecule has 0 atom stereocenters. The van der Waals surface area contributed by atoms with Crippen LogP contribution in [0, 0.1) is 12.7 Å². The van der Waals surface area contributed by atoms with E-state index >= 15 is 0 Å². The summed E-state index contributed by atoms with van der Waals surface area (Å²) in [5.41, 5.74) is 3.54. The topological polar surface area (TPSA) is 4.93 Å². The molecule has 0 amide bonds. The van der Waals surface area contributed by atoms with Crippen molar-refractivity contribution in [3.8, 4) is 0 Å². The van der Waals surface area contributed by atoms with Gasteiger partial charge in [0.2, 0.25) is 0 Å². The second kappa shape index (κ2) is 3.12. The SMILES string of the molecule is CCc1c(C)n(C)c2cc(F)ccc12. The second-order valence-corrected chi connectivity index (χ2v) is 3.64. The highest BCUT2D eigenvalue weighted by atomic mass is 19.1. The molecule has 0 fully saturated rings. The van der Waals surface area contributed by atoms with E-state index in [9.17, 15) is 4.39 Å². The fourth-order valence-electron chi connectivity index (χ4n) is 2.06. The Morgan fingerprint density at radius 2 is 2.07 bits per heavy atom. The molecular weight excluding hydrogens is 177 g/mol. The van der Waals surface area contributed by atoms with Gasteiger partial charge in [0.05, 0.1) is 5.52 Å². The lowest BCUT2D eigenvalue weighted by atomic mass is 10.1. The lowest BCUT2D eigenvalue weighted by Crippen LogP contribution is -1.91. The van der Waals surface area contributed by atoms with Gasteiger partial charge in [-0.25, -0.2) is 4.39 Å². The first-order chi connectivity index (χ1) is 6.65. The predicted molar refractivity (Wildman–Crippen MR) is 57.0 cm³/mol. The minimum absolute atomic E-state index is 0.166. The Morgan fingerprint density at radius 3 is 2.71 bits per heavy atom. The van der Waals surface area contributed by atoms with Crippen molar-refractivity contribution in [3.63, 3.8) is 0 Å². The summed E-state index contributed by atoms with van der Waals surface area (Å²) in [6.45, 7) is 4.21. The molecule has 0 spiro atoms. The van der Waals surface area contributed by atoms with E-state index in [-0.39, 0.29) is 5.82 Å². The maximum Gasteiger partial charge on any atom is 0.125 e. The van der Waals surface area contributed by atoms with Crippen LogP contribution in [0.2, 0.25) is 0 Å². The molecule has 0 aliphatic carbocycles. The van der Waals surface area contributed by atoms with E-state index in [1.165, 1.54) is 22.7 Å². The number of nitrogens with zero attached hydrogens (tertiary/aromatic N) is 1. The Balaban J connectivity index is 2.88. The summed E-state index contributed by atoms with van der Waals surface area (Å²) in [6.07, 6.45) is 0.995. The summed E-state index contributed by atoms with van der Waals surface area (Å²) in [5.74, 6) is -0.166. The Bertz CT molecular complexity index is 483. The zero-order valence-electron chi connectivity index (χ0n) is 8.76. The molecule has 0 saturated carbocycles. The summed E-state index contributed by atoms with van der Waals surface area (Å²) in [4.78, 5) is 0. The number of aryl methyl sites for hydroxylation is 2. The fourth-order valence-corrected chi connectivity index (χ4v) is 2.06. The van der Waals surface area contributed by atoms with Crippen LogP contribution in [0.3, 0.4) is 0 Å². The highest BCUT2D eigenvalue weighted by Gasteiger charge is 2.10. The first kappa shape index (κ1) is 9.25. The van der Waals surface area contributed by atoms with Gasteiger partial charge in [0.15, 0.2) is 0 Å². The maximum absolute atomic E-state index is 13.0. The first-order valence-electron chi connectivity index (χ1n) is 4.88. The maximum atomic E-state index is 13.0. The van der Waals surface area contributed by atoms with Gasteiger partial charge in [-0.05, 0) is 37.1 Å². The van der Waals surface area contributed by atoms with Crippen LogP contribution in [0.15, 0.2) is 18.2 Å². The molecule has 0 unspecified atom stereocenters. The van der Waals surface area contributed by atoms with Crippen LogP contribution in [0.25, 0.3) is 10.9 Å². The van der Waals surface area contributed by atoms with Gasteiger partial charge in [0.25, 0.3) is 0 Å². The van der Waals surface area contributed by atoms with Crippen molar-refractivity contribution >= 4 is 10.9 Å². The third-order valence-corrected chi connectivity index (χ3v) is 2.94.